The molecule has 3 heteroatoms. The van der Waals surface area contributed by atoms with Crippen molar-refractivity contribution in [2.45, 2.75) is 51.2 Å². The van der Waals surface area contributed by atoms with Crippen molar-refractivity contribution < 1.29 is 4.74 Å². The molecule has 16 heavy (non-hydrogen) atoms. The van der Waals surface area contributed by atoms with E-state index in [1.54, 1.807) is 0 Å². The van der Waals surface area contributed by atoms with Gasteiger partial charge in [0.2, 0.25) is 0 Å². The summed E-state index contributed by atoms with van der Waals surface area (Å²) in [6, 6.07) is 0.733. The summed E-state index contributed by atoms with van der Waals surface area (Å²) in [5, 5.41) is 0. The summed E-state index contributed by atoms with van der Waals surface area (Å²) in [7, 11) is 0. The molecule has 3 unspecified atom stereocenters. The van der Waals surface area contributed by atoms with Crippen molar-refractivity contribution in [1.82, 2.24) is 4.90 Å². The highest BCUT2D eigenvalue weighted by molar-refractivity contribution is 4.86. The summed E-state index contributed by atoms with van der Waals surface area (Å²) in [6.45, 7) is 6.22. The molecule has 94 valence electrons. The second kappa shape index (κ2) is 5.99. The molecule has 1 aliphatic heterocycles. The molecule has 0 amide bonds. The van der Waals surface area contributed by atoms with Crippen LogP contribution in [0.4, 0.5) is 0 Å². The van der Waals surface area contributed by atoms with E-state index in [1.807, 2.05) is 0 Å². The van der Waals surface area contributed by atoms with Crippen LogP contribution < -0.4 is 5.73 Å². The minimum absolute atomic E-state index is 0.453. The van der Waals surface area contributed by atoms with E-state index in [9.17, 15) is 0 Å². The van der Waals surface area contributed by atoms with Crippen molar-refractivity contribution >= 4 is 0 Å². The first-order chi connectivity index (χ1) is 7.85. The van der Waals surface area contributed by atoms with Crippen LogP contribution in [0.25, 0.3) is 0 Å². The van der Waals surface area contributed by atoms with Gasteiger partial charge in [-0.15, -0.1) is 0 Å². The molecular weight excluding hydrogens is 200 g/mol. The third-order valence-corrected chi connectivity index (χ3v) is 4.27. The molecule has 2 N–H and O–H groups in total. The second-order valence-corrected chi connectivity index (χ2v) is 5.24. The van der Waals surface area contributed by atoms with Gasteiger partial charge < -0.3 is 10.5 Å². The molecule has 0 bridgehead atoms. The van der Waals surface area contributed by atoms with E-state index in [1.165, 1.54) is 25.7 Å². The standard InChI is InChI=1S/C13H26N2O/c1-2-12-10-15(7-8-16-12)13-6-4-3-5-11(13)9-14/h11-13H,2-10,14H2,1H3. The van der Waals surface area contributed by atoms with Gasteiger partial charge in [-0.3, -0.25) is 4.90 Å². The van der Waals surface area contributed by atoms with Gasteiger partial charge in [0.25, 0.3) is 0 Å². The van der Waals surface area contributed by atoms with E-state index in [2.05, 4.69) is 11.8 Å². The lowest BCUT2D eigenvalue weighted by atomic mass is 9.83. The van der Waals surface area contributed by atoms with Crippen LogP contribution in [0.3, 0.4) is 0 Å². The van der Waals surface area contributed by atoms with Gasteiger partial charge in [0.05, 0.1) is 12.7 Å². The van der Waals surface area contributed by atoms with Crippen molar-refractivity contribution in [1.29, 1.82) is 0 Å². The van der Waals surface area contributed by atoms with E-state index in [-0.39, 0.29) is 0 Å². The first-order valence-corrected chi connectivity index (χ1v) is 6.90. The number of hydrogen-bond acceptors (Lipinski definition) is 3. The van der Waals surface area contributed by atoms with Gasteiger partial charge in [0.15, 0.2) is 0 Å². The van der Waals surface area contributed by atoms with E-state index in [4.69, 9.17) is 10.5 Å². The third kappa shape index (κ3) is 2.76. The Morgan fingerprint density at radius 2 is 2.12 bits per heavy atom. The van der Waals surface area contributed by atoms with E-state index in [0.29, 0.717) is 6.10 Å². The summed E-state index contributed by atoms with van der Waals surface area (Å²) in [4.78, 5) is 2.65. The molecule has 1 saturated carbocycles. The van der Waals surface area contributed by atoms with Crippen molar-refractivity contribution in [3.8, 4) is 0 Å². The normalized spacial score (nSPS) is 37.5. The lowest BCUT2D eigenvalue weighted by Crippen LogP contribution is -2.52. The summed E-state index contributed by atoms with van der Waals surface area (Å²) >= 11 is 0. The van der Waals surface area contributed by atoms with Crippen LogP contribution >= 0.6 is 0 Å². The zero-order chi connectivity index (χ0) is 11.4. The lowest BCUT2D eigenvalue weighted by Gasteiger charge is -2.43. The number of rotatable bonds is 3. The Morgan fingerprint density at radius 3 is 2.88 bits per heavy atom. The monoisotopic (exact) mass is 226 g/mol. The van der Waals surface area contributed by atoms with E-state index >= 15 is 0 Å². The Labute approximate surface area is 99.3 Å². The summed E-state index contributed by atoms with van der Waals surface area (Å²) in [5.41, 5.74) is 5.91. The molecule has 1 heterocycles. The highest BCUT2D eigenvalue weighted by atomic mass is 16.5. The zero-order valence-corrected chi connectivity index (χ0v) is 10.5. The first kappa shape index (κ1) is 12.3. The van der Waals surface area contributed by atoms with Crippen LogP contribution in [0.1, 0.15) is 39.0 Å². The topological polar surface area (TPSA) is 38.5 Å². The van der Waals surface area contributed by atoms with Gasteiger partial charge in [0, 0.05) is 19.1 Å². The van der Waals surface area contributed by atoms with Gasteiger partial charge in [-0.25, -0.2) is 0 Å². The van der Waals surface area contributed by atoms with Gasteiger partial charge in [0.1, 0.15) is 0 Å². The molecule has 2 rings (SSSR count). The molecule has 0 spiro atoms. The zero-order valence-electron chi connectivity index (χ0n) is 10.5. The summed E-state index contributed by atoms with van der Waals surface area (Å²) < 4.78 is 5.74. The molecule has 2 aliphatic rings. The maximum Gasteiger partial charge on any atom is 0.0700 e. The second-order valence-electron chi connectivity index (χ2n) is 5.24. The molecule has 1 aliphatic carbocycles. The average Bonchev–Trinajstić information content (AvgIpc) is 2.38. The third-order valence-electron chi connectivity index (χ3n) is 4.27. The highest BCUT2D eigenvalue weighted by Gasteiger charge is 2.32. The number of ether oxygens (including phenoxy) is 1. The molecular formula is C13H26N2O. The smallest absolute Gasteiger partial charge is 0.0700 e. The quantitative estimate of drug-likeness (QED) is 0.794. The molecule has 3 atom stereocenters. The van der Waals surface area contributed by atoms with E-state index < -0.39 is 0 Å². The number of morpholine rings is 1. The number of nitrogens with zero attached hydrogens (tertiary/aromatic N) is 1. The summed E-state index contributed by atoms with van der Waals surface area (Å²) in [6.07, 6.45) is 7.02. The Hall–Kier alpha value is -0.120. The van der Waals surface area contributed by atoms with E-state index in [0.717, 1.165) is 44.6 Å². The molecule has 0 aromatic heterocycles. The number of hydrogen-bond donors (Lipinski definition) is 1. The Morgan fingerprint density at radius 1 is 1.31 bits per heavy atom. The Bertz CT molecular complexity index is 210. The van der Waals surface area contributed by atoms with Crippen LogP contribution in [-0.2, 0) is 4.74 Å². The fraction of sp³-hybridized carbons (Fsp3) is 1.00. The van der Waals surface area contributed by atoms with Crippen LogP contribution in [0.15, 0.2) is 0 Å². The first-order valence-electron chi connectivity index (χ1n) is 6.90. The largest absolute Gasteiger partial charge is 0.376 e. The molecule has 0 aromatic carbocycles. The van der Waals surface area contributed by atoms with Gasteiger partial charge in [-0.2, -0.15) is 0 Å². The summed E-state index contributed by atoms with van der Waals surface area (Å²) in [5.74, 6) is 0.726. The van der Waals surface area contributed by atoms with Crippen molar-refractivity contribution in [2.24, 2.45) is 11.7 Å². The van der Waals surface area contributed by atoms with Crippen molar-refractivity contribution in [3.63, 3.8) is 0 Å². The Kier molecular flexibility index (Phi) is 4.62. The predicted octanol–water partition coefficient (Wildman–Crippen LogP) is 1.61. The maximum absolute atomic E-state index is 5.91. The van der Waals surface area contributed by atoms with Crippen LogP contribution in [0.5, 0.6) is 0 Å². The number of nitrogens with two attached hydrogens (primary N) is 1. The lowest BCUT2D eigenvalue weighted by molar-refractivity contribution is -0.0580. The van der Waals surface area contributed by atoms with Crippen LogP contribution in [0.2, 0.25) is 0 Å². The molecule has 0 aromatic rings. The molecule has 1 saturated heterocycles. The molecule has 0 radical (unpaired) electrons. The van der Waals surface area contributed by atoms with Gasteiger partial charge in [-0.05, 0) is 31.7 Å². The fourth-order valence-corrected chi connectivity index (χ4v) is 3.23. The Balaban J connectivity index is 1.93. The highest BCUT2D eigenvalue weighted by Crippen LogP contribution is 2.29. The minimum Gasteiger partial charge on any atom is -0.376 e. The minimum atomic E-state index is 0.453. The van der Waals surface area contributed by atoms with Gasteiger partial charge >= 0.3 is 0 Å². The molecule has 2 fully saturated rings. The average molecular weight is 226 g/mol. The molecule has 3 nitrogen and oxygen atoms in total. The van der Waals surface area contributed by atoms with Crippen LogP contribution in [0, 0.1) is 5.92 Å². The van der Waals surface area contributed by atoms with Crippen molar-refractivity contribution in [3.05, 3.63) is 0 Å². The SMILES string of the molecule is CCC1CN(C2CCCCC2CN)CCO1. The fourth-order valence-electron chi connectivity index (χ4n) is 3.23. The van der Waals surface area contributed by atoms with Crippen molar-refractivity contribution in [2.75, 3.05) is 26.2 Å². The maximum atomic E-state index is 5.91. The predicted molar refractivity (Wildman–Crippen MR) is 66.4 cm³/mol. The van der Waals surface area contributed by atoms with Crippen LogP contribution in [-0.4, -0.2) is 43.3 Å². The van der Waals surface area contributed by atoms with Gasteiger partial charge in [-0.1, -0.05) is 19.8 Å².